The lowest BCUT2D eigenvalue weighted by atomic mass is 10.0. The number of anilines is 3. The molecule has 7 aromatic rings. The lowest BCUT2D eigenvalue weighted by Gasteiger charge is -2.25. The van der Waals surface area contributed by atoms with Crippen LogP contribution >= 0.6 is 0 Å². The Morgan fingerprint density at radius 2 is 1.19 bits per heavy atom. The van der Waals surface area contributed by atoms with E-state index in [0.29, 0.717) is 0 Å². The number of benzene rings is 5. The van der Waals surface area contributed by atoms with Crippen molar-refractivity contribution in [1.82, 2.24) is 4.98 Å². The number of fused-ring (bicyclic) bond motifs is 4. The van der Waals surface area contributed by atoms with Gasteiger partial charge in [0.2, 0.25) is 0 Å². The van der Waals surface area contributed by atoms with Gasteiger partial charge >= 0.3 is 0 Å². The van der Waals surface area contributed by atoms with Crippen molar-refractivity contribution in [2.75, 3.05) is 4.90 Å². The fraction of sp³-hybridized carbons (Fsp3) is 0. The van der Waals surface area contributed by atoms with Crippen LogP contribution in [0.25, 0.3) is 43.8 Å². The predicted octanol–water partition coefficient (Wildman–Crippen LogP) is 9.27. The average Bonchev–Trinajstić information content (AvgIpc) is 3.32. The molecule has 3 heteroatoms. The van der Waals surface area contributed by atoms with Crippen LogP contribution in [-0.2, 0) is 0 Å². The van der Waals surface area contributed by atoms with Crippen molar-refractivity contribution in [3.05, 3.63) is 134 Å². The third kappa shape index (κ3) is 3.50. The van der Waals surface area contributed by atoms with E-state index in [1.54, 1.807) is 0 Å². The Labute approximate surface area is 208 Å². The summed E-state index contributed by atoms with van der Waals surface area (Å²) in [5.41, 5.74) is 6.16. The summed E-state index contributed by atoms with van der Waals surface area (Å²) in [5.74, 6) is 0.810. The molecule has 0 N–H and O–H groups in total. The molecule has 0 aliphatic rings. The zero-order valence-corrected chi connectivity index (χ0v) is 19.5. The van der Waals surface area contributed by atoms with Gasteiger partial charge in [0.05, 0.1) is 0 Å². The number of furan rings is 1. The summed E-state index contributed by atoms with van der Waals surface area (Å²) >= 11 is 0. The monoisotopic (exact) mass is 462 g/mol. The minimum Gasteiger partial charge on any atom is -0.456 e. The highest BCUT2D eigenvalue weighted by Crippen LogP contribution is 2.38. The lowest BCUT2D eigenvalue weighted by Crippen LogP contribution is -2.11. The Balaban J connectivity index is 1.39. The van der Waals surface area contributed by atoms with Crippen molar-refractivity contribution < 1.29 is 4.42 Å². The summed E-state index contributed by atoms with van der Waals surface area (Å²) in [6.45, 7) is 0. The third-order valence-corrected chi connectivity index (χ3v) is 6.70. The molecule has 0 aliphatic carbocycles. The number of hydrogen-bond donors (Lipinski definition) is 0. The van der Waals surface area contributed by atoms with Crippen LogP contribution in [0.2, 0.25) is 0 Å². The van der Waals surface area contributed by atoms with E-state index in [-0.39, 0.29) is 0 Å². The molecule has 2 aromatic heterocycles. The Morgan fingerprint density at radius 1 is 0.500 bits per heavy atom. The van der Waals surface area contributed by atoms with Crippen molar-refractivity contribution >= 4 is 49.9 Å². The second kappa shape index (κ2) is 8.40. The van der Waals surface area contributed by atoms with Crippen LogP contribution < -0.4 is 4.90 Å². The Morgan fingerprint density at radius 3 is 2.06 bits per heavy atom. The SMILES string of the molecule is c1ccc(-c2ccc(N(c3ccc4ccccc4c3)c3cc4oc5ccccc5c4cn3)cc2)cc1. The Hall–Kier alpha value is -4.89. The summed E-state index contributed by atoms with van der Waals surface area (Å²) in [5, 5.41) is 4.50. The average molecular weight is 463 g/mol. The molecule has 0 spiro atoms. The second-order valence-electron chi connectivity index (χ2n) is 8.92. The molecule has 7 rings (SSSR count). The van der Waals surface area contributed by atoms with Crippen molar-refractivity contribution in [2.24, 2.45) is 0 Å². The number of pyridine rings is 1. The second-order valence-corrected chi connectivity index (χ2v) is 8.92. The molecule has 0 aliphatic heterocycles. The number of nitrogens with zero attached hydrogens (tertiary/aromatic N) is 2. The van der Waals surface area contributed by atoms with Crippen LogP contribution in [0.3, 0.4) is 0 Å². The first kappa shape index (κ1) is 20.5. The van der Waals surface area contributed by atoms with E-state index in [4.69, 9.17) is 9.40 Å². The Bertz CT molecular complexity index is 1840. The standard InChI is InChI=1S/C33H22N2O/c1-2-8-23(9-3-1)25-14-17-27(18-15-25)35(28-19-16-24-10-4-5-11-26(24)20-28)33-21-32-30(22-34-33)29-12-6-7-13-31(29)36-32/h1-22H. The number of aromatic nitrogens is 1. The van der Waals surface area contributed by atoms with E-state index < -0.39 is 0 Å². The molecule has 0 fully saturated rings. The highest BCUT2D eigenvalue weighted by Gasteiger charge is 2.17. The van der Waals surface area contributed by atoms with Crippen LogP contribution in [0, 0.1) is 0 Å². The molecule has 36 heavy (non-hydrogen) atoms. The van der Waals surface area contributed by atoms with Crippen LogP contribution in [0.15, 0.2) is 138 Å². The normalized spacial score (nSPS) is 11.3. The molecular weight excluding hydrogens is 440 g/mol. The van der Waals surface area contributed by atoms with Crippen LogP contribution in [0.4, 0.5) is 17.2 Å². The molecule has 170 valence electrons. The van der Waals surface area contributed by atoms with Gasteiger partial charge in [0.1, 0.15) is 17.0 Å². The lowest BCUT2D eigenvalue weighted by molar-refractivity contribution is 0.668. The minimum absolute atomic E-state index is 0.810. The van der Waals surface area contributed by atoms with Gasteiger partial charge in [0.15, 0.2) is 0 Å². The number of hydrogen-bond acceptors (Lipinski definition) is 3. The smallest absolute Gasteiger partial charge is 0.141 e. The van der Waals surface area contributed by atoms with E-state index in [2.05, 4.69) is 102 Å². The van der Waals surface area contributed by atoms with Gasteiger partial charge in [0.25, 0.3) is 0 Å². The first-order valence-electron chi connectivity index (χ1n) is 12.1. The summed E-state index contributed by atoms with van der Waals surface area (Å²) in [7, 11) is 0. The van der Waals surface area contributed by atoms with Crippen molar-refractivity contribution in [3.8, 4) is 11.1 Å². The fourth-order valence-corrected chi connectivity index (χ4v) is 4.90. The van der Waals surface area contributed by atoms with Gasteiger partial charge in [-0.15, -0.1) is 0 Å². The highest BCUT2D eigenvalue weighted by molar-refractivity contribution is 6.05. The first-order valence-corrected chi connectivity index (χ1v) is 12.1. The molecule has 0 saturated carbocycles. The zero-order valence-electron chi connectivity index (χ0n) is 19.5. The van der Waals surface area contributed by atoms with Crippen molar-refractivity contribution in [3.63, 3.8) is 0 Å². The molecule has 0 unspecified atom stereocenters. The van der Waals surface area contributed by atoms with E-state index in [0.717, 1.165) is 39.1 Å². The predicted molar refractivity (Wildman–Crippen MR) is 149 cm³/mol. The van der Waals surface area contributed by atoms with E-state index >= 15 is 0 Å². The minimum atomic E-state index is 0.810. The zero-order chi connectivity index (χ0) is 23.9. The van der Waals surface area contributed by atoms with Gasteiger partial charge in [-0.2, -0.15) is 0 Å². The summed E-state index contributed by atoms with van der Waals surface area (Å²) in [6.07, 6.45) is 1.92. The topological polar surface area (TPSA) is 29.3 Å². The molecule has 3 nitrogen and oxygen atoms in total. The molecule has 0 amide bonds. The van der Waals surface area contributed by atoms with E-state index in [9.17, 15) is 0 Å². The Kier molecular flexibility index (Phi) is 4.78. The maximum Gasteiger partial charge on any atom is 0.141 e. The van der Waals surface area contributed by atoms with Gasteiger partial charge in [0, 0.05) is 34.4 Å². The highest BCUT2D eigenvalue weighted by atomic mass is 16.3. The van der Waals surface area contributed by atoms with E-state index in [1.165, 1.54) is 21.9 Å². The molecule has 0 bridgehead atoms. The molecular formula is C33H22N2O. The van der Waals surface area contributed by atoms with Gasteiger partial charge < -0.3 is 4.42 Å². The fourth-order valence-electron chi connectivity index (χ4n) is 4.90. The quantitative estimate of drug-likeness (QED) is 0.261. The molecule has 0 radical (unpaired) electrons. The third-order valence-electron chi connectivity index (χ3n) is 6.70. The van der Waals surface area contributed by atoms with E-state index in [1.807, 2.05) is 36.5 Å². The van der Waals surface area contributed by atoms with Gasteiger partial charge in [-0.25, -0.2) is 4.98 Å². The number of para-hydroxylation sites is 1. The molecule has 2 heterocycles. The summed E-state index contributed by atoms with van der Waals surface area (Å²) in [4.78, 5) is 7.10. The van der Waals surface area contributed by atoms with Crippen molar-refractivity contribution in [2.45, 2.75) is 0 Å². The molecule has 5 aromatic carbocycles. The van der Waals surface area contributed by atoms with Crippen molar-refractivity contribution in [1.29, 1.82) is 0 Å². The maximum absolute atomic E-state index is 6.20. The van der Waals surface area contributed by atoms with Gasteiger partial charge in [-0.3, -0.25) is 4.90 Å². The van der Waals surface area contributed by atoms with Gasteiger partial charge in [-0.1, -0.05) is 91.0 Å². The summed E-state index contributed by atoms with van der Waals surface area (Å²) in [6, 6.07) is 44.2. The largest absolute Gasteiger partial charge is 0.456 e. The molecule has 0 saturated heterocycles. The van der Waals surface area contributed by atoms with Crippen LogP contribution in [0.5, 0.6) is 0 Å². The van der Waals surface area contributed by atoms with Crippen LogP contribution in [0.1, 0.15) is 0 Å². The maximum atomic E-state index is 6.20. The van der Waals surface area contributed by atoms with Crippen LogP contribution in [-0.4, -0.2) is 4.98 Å². The summed E-state index contributed by atoms with van der Waals surface area (Å²) < 4.78 is 6.20. The van der Waals surface area contributed by atoms with Gasteiger partial charge in [-0.05, 0) is 52.2 Å². The molecule has 0 atom stereocenters. The first-order chi connectivity index (χ1) is 17.8. The number of rotatable bonds is 4.